The number of hydrogen-bond donors (Lipinski definition) is 0. The second-order valence-corrected chi connectivity index (χ2v) is 5.38. The monoisotopic (exact) mass is 328 g/mol. The largest absolute Gasteiger partial charge is 0.357 e. The Balaban J connectivity index is 1.97. The lowest BCUT2D eigenvalue weighted by molar-refractivity contribution is -0.0390. The molecule has 1 fully saturated rings. The molecule has 1 aromatic carbocycles. The first-order valence-corrected chi connectivity index (χ1v) is 6.67. The second kappa shape index (κ2) is 4.33. The second-order valence-electron chi connectivity index (χ2n) is 4.13. The highest BCUT2D eigenvalue weighted by Crippen LogP contribution is 2.24. The van der Waals surface area contributed by atoms with Crippen LogP contribution in [0.2, 0.25) is 0 Å². The lowest BCUT2D eigenvalue weighted by atomic mass is 10.2. The van der Waals surface area contributed by atoms with Gasteiger partial charge in [-0.1, -0.05) is 6.07 Å². The number of halogens is 1. The van der Waals surface area contributed by atoms with Gasteiger partial charge in [-0.25, -0.2) is 4.68 Å². The van der Waals surface area contributed by atoms with Crippen molar-refractivity contribution in [2.24, 2.45) is 0 Å². The Morgan fingerprint density at radius 3 is 3.12 bits per heavy atom. The normalized spacial score (nSPS) is 21.4. The molecular weight excluding hydrogens is 315 g/mol. The van der Waals surface area contributed by atoms with E-state index in [9.17, 15) is 0 Å². The minimum atomic E-state index is 0.138. The SMILES string of the molecule is Ic1ccc2cn([C@@H]3CCCCO3)nc2c1. The van der Waals surface area contributed by atoms with Gasteiger partial charge in [-0.3, -0.25) is 0 Å². The maximum absolute atomic E-state index is 5.72. The van der Waals surface area contributed by atoms with E-state index >= 15 is 0 Å². The smallest absolute Gasteiger partial charge is 0.150 e. The van der Waals surface area contributed by atoms with E-state index in [2.05, 4.69) is 52.1 Å². The summed E-state index contributed by atoms with van der Waals surface area (Å²) in [4.78, 5) is 0. The van der Waals surface area contributed by atoms with E-state index in [0.717, 1.165) is 18.5 Å². The fourth-order valence-corrected chi connectivity index (χ4v) is 2.56. The molecule has 0 amide bonds. The molecule has 1 aromatic heterocycles. The highest BCUT2D eigenvalue weighted by atomic mass is 127. The van der Waals surface area contributed by atoms with Crippen LogP contribution >= 0.6 is 22.6 Å². The molecule has 2 aromatic rings. The predicted octanol–water partition coefficient (Wildman–Crippen LogP) is 3.34. The van der Waals surface area contributed by atoms with Crippen molar-refractivity contribution in [2.75, 3.05) is 6.61 Å². The highest BCUT2D eigenvalue weighted by molar-refractivity contribution is 14.1. The standard InChI is InChI=1S/C12H13IN2O/c13-10-5-4-9-8-15(14-11(9)7-10)12-3-1-2-6-16-12/h4-5,7-8,12H,1-3,6H2/t12-/m0/s1. The Morgan fingerprint density at radius 2 is 2.31 bits per heavy atom. The zero-order chi connectivity index (χ0) is 11.0. The first-order chi connectivity index (χ1) is 7.83. The Morgan fingerprint density at radius 1 is 1.38 bits per heavy atom. The molecule has 0 unspecified atom stereocenters. The Labute approximate surface area is 108 Å². The third-order valence-corrected chi connectivity index (χ3v) is 3.61. The van der Waals surface area contributed by atoms with Crippen LogP contribution in [0.4, 0.5) is 0 Å². The molecule has 1 atom stereocenters. The molecule has 84 valence electrons. The van der Waals surface area contributed by atoms with Crippen molar-refractivity contribution in [3.8, 4) is 0 Å². The van der Waals surface area contributed by atoms with Crippen LogP contribution in [0.25, 0.3) is 10.9 Å². The van der Waals surface area contributed by atoms with Crippen molar-refractivity contribution in [3.63, 3.8) is 0 Å². The van der Waals surface area contributed by atoms with E-state index in [1.54, 1.807) is 0 Å². The van der Waals surface area contributed by atoms with Crippen LogP contribution in [0.3, 0.4) is 0 Å². The minimum Gasteiger partial charge on any atom is -0.357 e. The predicted molar refractivity (Wildman–Crippen MR) is 71.3 cm³/mol. The third-order valence-electron chi connectivity index (χ3n) is 2.94. The van der Waals surface area contributed by atoms with Gasteiger partial charge in [0, 0.05) is 21.8 Å². The van der Waals surface area contributed by atoms with Crippen molar-refractivity contribution < 1.29 is 4.74 Å². The van der Waals surface area contributed by atoms with E-state index in [0.29, 0.717) is 0 Å². The molecule has 1 aliphatic rings. The number of aromatic nitrogens is 2. The lowest BCUT2D eigenvalue weighted by Crippen LogP contribution is -2.18. The molecule has 16 heavy (non-hydrogen) atoms. The fraction of sp³-hybridized carbons (Fsp3) is 0.417. The van der Waals surface area contributed by atoms with Gasteiger partial charge < -0.3 is 4.74 Å². The topological polar surface area (TPSA) is 27.1 Å². The minimum absolute atomic E-state index is 0.138. The molecule has 0 bridgehead atoms. The van der Waals surface area contributed by atoms with Crippen molar-refractivity contribution in [1.82, 2.24) is 9.78 Å². The van der Waals surface area contributed by atoms with Gasteiger partial charge in [0.15, 0.2) is 0 Å². The van der Waals surface area contributed by atoms with Gasteiger partial charge in [-0.05, 0) is 54.0 Å². The van der Waals surface area contributed by atoms with E-state index in [1.165, 1.54) is 21.8 Å². The highest BCUT2D eigenvalue weighted by Gasteiger charge is 2.16. The molecule has 2 heterocycles. The summed E-state index contributed by atoms with van der Waals surface area (Å²) in [5.41, 5.74) is 1.06. The van der Waals surface area contributed by atoms with Gasteiger partial charge in [0.05, 0.1) is 5.52 Å². The van der Waals surface area contributed by atoms with Crippen molar-refractivity contribution in [2.45, 2.75) is 25.5 Å². The zero-order valence-electron chi connectivity index (χ0n) is 8.90. The Bertz CT molecular complexity index is 503. The van der Waals surface area contributed by atoms with E-state index < -0.39 is 0 Å². The Kier molecular flexibility index (Phi) is 2.85. The van der Waals surface area contributed by atoms with Crippen LogP contribution in [0, 0.1) is 3.57 Å². The van der Waals surface area contributed by atoms with Crippen LogP contribution in [0.15, 0.2) is 24.4 Å². The van der Waals surface area contributed by atoms with Crippen LogP contribution in [-0.4, -0.2) is 16.4 Å². The number of nitrogens with zero attached hydrogens (tertiary/aromatic N) is 2. The molecule has 3 nitrogen and oxygen atoms in total. The molecular formula is C12H13IN2O. The maximum atomic E-state index is 5.72. The fourth-order valence-electron chi connectivity index (χ4n) is 2.09. The third kappa shape index (κ3) is 1.96. The van der Waals surface area contributed by atoms with Crippen molar-refractivity contribution >= 4 is 33.5 Å². The molecule has 0 saturated carbocycles. The Hall–Kier alpha value is -0.620. The van der Waals surface area contributed by atoms with Gasteiger partial charge in [-0.15, -0.1) is 0 Å². The van der Waals surface area contributed by atoms with E-state index in [4.69, 9.17) is 4.74 Å². The molecule has 0 aliphatic carbocycles. The lowest BCUT2D eigenvalue weighted by Gasteiger charge is -2.22. The maximum Gasteiger partial charge on any atom is 0.150 e. The molecule has 4 heteroatoms. The van der Waals surface area contributed by atoms with Gasteiger partial charge in [0.2, 0.25) is 0 Å². The molecule has 0 spiro atoms. The average molecular weight is 328 g/mol. The molecule has 1 aliphatic heterocycles. The number of fused-ring (bicyclic) bond motifs is 1. The molecule has 1 saturated heterocycles. The number of hydrogen-bond acceptors (Lipinski definition) is 2. The summed E-state index contributed by atoms with van der Waals surface area (Å²) >= 11 is 2.31. The molecule has 3 rings (SSSR count). The number of ether oxygens (including phenoxy) is 1. The first kappa shape index (κ1) is 10.5. The van der Waals surface area contributed by atoms with E-state index in [-0.39, 0.29) is 6.23 Å². The van der Waals surface area contributed by atoms with Gasteiger partial charge in [0.25, 0.3) is 0 Å². The summed E-state index contributed by atoms with van der Waals surface area (Å²) in [7, 11) is 0. The van der Waals surface area contributed by atoms with Crippen LogP contribution in [0.1, 0.15) is 25.5 Å². The summed E-state index contributed by atoms with van der Waals surface area (Å²) < 4.78 is 8.92. The zero-order valence-corrected chi connectivity index (χ0v) is 11.1. The molecule has 0 radical (unpaired) electrons. The van der Waals surface area contributed by atoms with E-state index in [1.807, 2.05) is 4.68 Å². The van der Waals surface area contributed by atoms with Crippen molar-refractivity contribution in [1.29, 1.82) is 0 Å². The first-order valence-electron chi connectivity index (χ1n) is 5.59. The summed E-state index contributed by atoms with van der Waals surface area (Å²) in [6.45, 7) is 0.860. The van der Waals surface area contributed by atoms with Crippen LogP contribution in [-0.2, 0) is 4.74 Å². The van der Waals surface area contributed by atoms with Crippen molar-refractivity contribution in [3.05, 3.63) is 28.0 Å². The van der Waals surface area contributed by atoms with Gasteiger partial charge >= 0.3 is 0 Å². The van der Waals surface area contributed by atoms with Gasteiger partial charge in [-0.2, -0.15) is 5.10 Å². The number of benzene rings is 1. The summed E-state index contributed by atoms with van der Waals surface area (Å²) in [5.74, 6) is 0. The van der Waals surface area contributed by atoms with Crippen LogP contribution in [0.5, 0.6) is 0 Å². The molecule has 0 N–H and O–H groups in total. The quantitative estimate of drug-likeness (QED) is 0.751. The summed E-state index contributed by atoms with van der Waals surface area (Å²) in [5, 5.41) is 5.77. The van der Waals surface area contributed by atoms with Gasteiger partial charge in [0.1, 0.15) is 6.23 Å². The summed E-state index contributed by atoms with van der Waals surface area (Å²) in [6.07, 6.45) is 5.71. The van der Waals surface area contributed by atoms with Crippen LogP contribution < -0.4 is 0 Å². The number of rotatable bonds is 1. The summed E-state index contributed by atoms with van der Waals surface area (Å²) in [6, 6.07) is 6.33. The average Bonchev–Trinajstić information content (AvgIpc) is 2.73.